The Hall–Kier alpha value is -1.06. The second kappa shape index (κ2) is 8.04. The average Bonchev–Trinajstić information content (AvgIpc) is 1.87. The first-order valence-electron chi connectivity index (χ1n) is 3.86. The number of rotatable bonds is 3. The van der Waals surface area contributed by atoms with Crippen LogP contribution in [0.5, 0.6) is 0 Å². The van der Waals surface area contributed by atoms with Gasteiger partial charge in [0, 0.05) is 6.42 Å². The summed E-state index contributed by atoms with van der Waals surface area (Å²) in [6.45, 7) is 5.12. The van der Waals surface area contributed by atoms with Crippen LogP contribution in [0.25, 0.3) is 0 Å². The fourth-order valence-electron chi connectivity index (χ4n) is 0.214. The normalized spacial score (nSPS) is 8.67. The Balaban J connectivity index is 0. The second-order valence-electron chi connectivity index (χ2n) is 2.64. The molecule has 0 rings (SSSR count). The van der Waals surface area contributed by atoms with Crippen molar-refractivity contribution in [1.82, 2.24) is 0 Å². The number of carboxylic acid groups (broad SMARTS) is 2. The molecule has 0 fully saturated rings. The fourth-order valence-corrected chi connectivity index (χ4v) is 0.214. The highest BCUT2D eigenvalue weighted by atomic mass is 16.4. The summed E-state index contributed by atoms with van der Waals surface area (Å²) in [6.07, 6.45) is 1.02. The van der Waals surface area contributed by atoms with Crippen LogP contribution in [0.3, 0.4) is 0 Å². The quantitative estimate of drug-likeness (QED) is 0.684. The first kappa shape index (κ1) is 13.5. The number of aliphatic carboxylic acids is 2. The molecule has 0 aliphatic rings. The van der Waals surface area contributed by atoms with Crippen LogP contribution in [0.15, 0.2) is 0 Å². The zero-order valence-electron chi connectivity index (χ0n) is 7.70. The standard InChI is InChI=1S/2C4H8O2/c1-3(2)4(5)6;1-2-3-4(5)6/h3H,1-2H3,(H,5,6);2-3H2,1H3,(H,5,6). The van der Waals surface area contributed by atoms with Crippen molar-refractivity contribution >= 4 is 11.9 Å². The summed E-state index contributed by atoms with van der Waals surface area (Å²) in [7, 11) is 0. The van der Waals surface area contributed by atoms with E-state index in [1.807, 2.05) is 6.92 Å². The lowest BCUT2D eigenvalue weighted by atomic mass is 10.2. The van der Waals surface area contributed by atoms with Crippen molar-refractivity contribution in [3.8, 4) is 0 Å². The first-order valence-corrected chi connectivity index (χ1v) is 3.86. The van der Waals surface area contributed by atoms with Crippen LogP contribution >= 0.6 is 0 Å². The summed E-state index contributed by atoms with van der Waals surface area (Å²) in [5.74, 6) is -1.68. The van der Waals surface area contributed by atoms with Crippen molar-refractivity contribution in [3.05, 3.63) is 0 Å². The minimum absolute atomic E-state index is 0.231. The minimum Gasteiger partial charge on any atom is -0.481 e. The second-order valence-corrected chi connectivity index (χ2v) is 2.64. The molecule has 0 saturated heterocycles. The van der Waals surface area contributed by atoms with Gasteiger partial charge in [-0.05, 0) is 6.42 Å². The van der Waals surface area contributed by atoms with Crippen LogP contribution in [-0.4, -0.2) is 22.2 Å². The van der Waals surface area contributed by atoms with Crippen LogP contribution in [0.1, 0.15) is 33.6 Å². The molecule has 0 aromatic carbocycles. The molecule has 12 heavy (non-hydrogen) atoms. The van der Waals surface area contributed by atoms with E-state index in [1.54, 1.807) is 13.8 Å². The average molecular weight is 176 g/mol. The van der Waals surface area contributed by atoms with Crippen molar-refractivity contribution < 1.29 is 19.8 Å². The highest BCUT2D eigenvalue weighted by molar-refractivity contribution is 5.68. The highest BCUT2D eigenvalue weighted by Crippen LogP contribution is 1.87. The molecular weight excluding hydrogens is 160 g/mol. The number of hydrogen-bond acceptors (Lipinski definition) is 2. The Bertz CT molecular complexity index is 140. The van der Waals surface area contributed by atoms with Gasteiger partial charge < -0.3 is 10.2 Å². The molecular formula is C8H16O4. The van der Waals surface area contributed by atoms with Crippen molar-refractivity contribution in [2.75, 3.05) is 0 Å². The largest absolute Gasteiger partial charge is 0.481 e. The van der Waals surface area contributed by atoms with E-state index < -0.39 is 11.9 Å². The van der Waals surface area contributed by atoms with Crippen molar-refractivity contribution in [1.29, 1.82) is 0 Å². The van der Waals surface area contributed by atoms with Gasteiger partial charge >= 0.3 is 11.9 Å². The molecule has 0 aromatic heterocycles. The van der Waals surface area contributed by atoms with Crippen molar-refractivity contribution in [2.24, 2.45) is 5.92 Å². The van der Waals surface area contributed by atoms with Gasteiger partial charge in [-0.25, -0.2) is 0 Å². The van der Waals surface area contributed by atoms with Crippen LogP contribution in [0, 0.1) is 5.92 Å². The summed E-state index contributed by atoms with van der Waals surface area (Å²) in [6, 6.07) is 0. The zero-order chi connectivity index (χ0) is 10.1. The molecule has 0 amide bonds. The predicted molar refractivity (Wildman–Crippen MR) is 45.0 cm³/mol. The smallest absolute Gasteiger partial charge is 0.305 e. The zero-order valence-corrected chi connectivity index (χ0v) is 7.70. The molecule has 0 radical (unpaired) electrons. The first-order chi connectivity index (χ1) is 5.41. The molecule has 4 heteroatoms. The van der Waals surface area contributed by atoms with Crippen LogP contribution in [0.4, 0.5) is 0 Å². The van der Waals surface area contributed by atoms with Crippen LogP contribution in [0.2, 0.25) is 0 Å². The summed E-state index contributed by atoms with van der Waals surface area (Å²) in [5.41, 5.74) is 0. The lowest BCUT2D eigenvalue weighted by Gasteiger charge is -1.89. The van der Waals surface area contributed by atoms with Crippen molar-refractivity contribution in [3.63, 3.8) is 0 Å². The van der Waals surface area contributed by atoms with Gasteiger partial charge in [-0.3, -0.25) is 9.59 Å². The third-order valence-electron chi connectivity index (χ3n) is 0.958. The van der Waals surface area contributed by atoms with E-state index in [0.29, 0.717) is 6.42 Å². The minimum atomic E-state index is -0.741. The molecule has 0 aliphatic heterocycles. The topological polar surface area (TPSA) is 74.6 Å². The predicted octanol–water partition coefficient (Wildman–Crippen LogP) is 1.60. The van der Waals surface area contributed by atoms with E-state index in [2.05, 4.69) is 0 Å². The van der Waals surface area contributed by atoms with Gasteiger partial charge in [0.05, 0.1) is 5.92 Å². The Morgan fingerprint density at radius 1 is 1.25 bits per heavy atom. The lowest BCUT2D eigenvalue weighted by Crippen LogP contribution is -2.03. The number of hydrogen-bond donors (Lipinski definition) is 2. The van der Waals surface area contributed by atoms with E-state index in [0.717, 1.165) is 6.42 Å². The van der Waals surface area contributed by atoms with Gasteiger partial charge in [0.2, 0.25) is 0 Å². The molecule has 0 aromatic rings. The molecule has 2 N–H and O–H groups in total. The van der Waals surface area contributed by atoms with E-state index in [4.69, 9.17) is 10.2 Å². The maximum Gasteiger partial charge on any atom is 0.305 e. The third-order valence-corrected chi connectivity index (χ3v) is 0.958. The maximum atomic E-state index is 9.70. The summed E-state index contributed by atoms with van der Waals surface area (Å²) < 4.78 is 0. The Kier molecular flexibility index (Phi) is 9.06. The molecule has 0 heterocycles. The molecule has 72 valence electrons. The molecule has 4 nitrogen and oxygen atoms in total. The van der Waals surface area contributed by atoms with Gasteiger partial charge in [-0.2, -0.15) is 0 Å². The monoisotopic (exact) mass is 176 g/mol. The Morgan fingerprint density at radius 2 is 1.58 bits per heavy atom. The molecule has 0 aliphatic carbocycles. The number of carboxylic acids is 2. The van der Waals surface area contributed by atoms with Gasteiger partial charge in [0.1, 0.15) is 0 Å². The molecule has 0 saturated carbocycles. The molecule has 0 bridgehead atoms. The summed E-state index contributed by atoms with van der Waals surface area (Å²) in [5, 5.41) is 15.9. The Morgan fingerprint density at radius 3 is 1.58 bits per heavy atom. The molecule has 0 unspecified atom stereocenters. The Labute approximate surface area is 72.2 Å². The maximum absolute atomic E-state index is 9.70. The van der Waals surface area contributed by atoms with Gasteiger partial charge in [0.25, 0.3) is 0 Å². The van der Waals surface area contributed by atoms with E-state index in [-0.39, 0.29) is 5.92 Å². The van der Waals surface area contributed by atoms with Crippen LogP contribution < -0.4 is 0 Å². The van der Waals surface area contributed by atoms with Gasteiger partial charge in [-0.15, -0.1) is 0 Å². The summed E-state index contributed by atoms with van der Waals surface area (Å²) in [4.78, 5) is 19.3. The highest BCUT2D eigenvalue weighted by Gasteiger charge is 1.99. The third kappa shape index (κ3) is 16.0. The molecule has 0 spiro atoms. The lowest BCUT2D eigenvalue weighted by molar-refractivity contribution is -0.140. The molecule has 0 atom stereocenters. The van der Waals surface area contributed by atoms with E-state index in [1.165, 1.54) is 0 Å². The van der Waals surface area contributed by atoms with Gasteiger partial charge in [-0.1, -0.05) is 20.8 Å². The SMILES string of the molecule is CC(C)C(=O)O.CCCC(=O)O. The van der Waals surface area contributed by atoms with E-state index in [9.17, 15) is 9.59 Å². The van der Waals surface area contributed by atoms with E-state index >= 15 is 0 Å². The summed E-state index contributed by atoms with van der Waals surface area (Å²) >= 11 is 0. The van der Waals surface area contributed by atoms with Crippen LogP contribution in [-0.2, 0) is 9.59 Å². The number of carbonyl (C=O) groups is 2. The fraction of sp³-hybridized carbons (Fsp3) is 0.750. The van der Waals surface area contributed by atoms with Crippen molar-refractivity contribution in [2.45, 2.75) is 33.6 Å². The van der Waals surface area contributed by atoms with Gasteiger partial charge in [0.15, 0.2) is 0 Å².